The van der Waals surface area contributed by atoms with Gasteiger partial charge in [-0.15, -0.1) is 0 Å². The zero-order chi connectivity index (χ0) is 17.7. The number of hydrogen-bond acceptors (Lipinski definition) is 6. The topological polar surface area (TPSA) is 108 Å². The van der Waals surface area contributed by atoms with Gasteiger partial charge in [0.2, 0.25) is 0 Å². The summed E-state index contributed by atoms with van der Waals surface area (Å²) in [5.74, 6) is -1.11. The highest BCUT2D eigenvalue weighted by molar-refractivity contribution is 5.93. The minimum atomic E-state index is -0.973. The lowest BCUT2D eigenvalue weighted by Gasteiger charge is -2.17. The number of rotatable bonds is 6. The van der Waals surface area contributed by atoms with Gasteiger partial charge in [0, 0.05) is 12.1 Å². The molecule has 1 fully saturated rings. The third kappa shape index (κ3) is 4.21. The first-order valence-electron chi connectivity index (χ1n) is 7.76. The molecule has 2 rings (SSSR count). The number of nitrogens with zero attached hydrogens (tertiary/aromatic N) is 1. The van der Waals surface area contributed by atoms with Gasteiger partial charge < -0.3 is 14.8 Å². The number of nitro groups is 1. The molecule has 0 heterocycles. The fourth-order valence-corrected chi connectivity index (χ4v) is 2.63. The third-order valence-corrected chi connectivity index (χ3v) is 3.97. The van der Waals surface area contributed by atoms with E-state index in [1.54, 1.807) is 0 Å². The molecule has 0 saturated heterocycles. The summed E-state index contributed by atoms with van der Waals surface area (Å²) < 4.78 is 9.98. The molecule has 8 heteroatoms. The average Bonchev–Trinajstić information content (AvgIpc) is 3.06. The summed E-state index contributed by atoms with van der Waals surface area (Å²) in [6.45, 7) is 1.47. The van der Waals surface area contributed by atoms with Crippen LogP contribution in [0, 0.1) is 10.1 Å². The van der Waals surface area contributed by atoms with Crippen LogP contribution >= 0.6 is 0 Å². The molecule has 0 spiro atoms. The second-order valence-corrected chi connectivity index (χ2v) is 5.68. The molecule has 1 aromatic rings. The van der Waals surface area contributed by atoms with Crippen molar-refractivity contribution in [2.75, 3.05) is 7.11 Å². The van der Waals surface area contributed by atoms with E-state index in [1.807, 2.05) is 0 Å². The van der Waals surface area contributed by atoms with Crippen LogP contribution in [-0.4, -0.2) is 36.1 Å². The molecule has 8 nitrogen and oxygen atoms in total. The monoisotopic (exact) mass is 336 g/mol. The number of esters is 1. The maximum absolute atomic E-state index is 12.1. The third-order valence-electron chi connectivity index (χ3n) is 3.97. The normalized spacial score (nSPS) is 15.6. The van der Waals surface area contributed by atoms with E-state index in [0.717, 1.165) is 31.7 Å². The summed E-state index contributed by atoms with van der Waals surface area (Å²) >= 11 is 0. The van der Waals surface area contributed by atoms with Crippen LogP contribution in [0.3, 0.4) is 0 Å². The van der Waals surface area contributed by atoms with Gasteiger partial charge in [0.25, 0.3) is 5.91 Å². The second kappa shape index (κ2) is 7.76. The fourth-order valence-electron chi connectivity index (χ4n) is 2.63. The standard InChI is InChI=1S/C16H20N2O6/c1-10(15(19)17-12-5-3-4-6-12)24-16(20)11-7-8-14(23-2)13(9-11)18(21)22/h7-10,12H,3-6H2,1-2H3,(H,17,19)/t10-/m0/s1. The van der Waals surface area contributed by atoms with Crippen molar-refractivity contribution in [1.29, 1.82) is 0 Å². The highest BCUT2D eigenvalue weighted by atomic mass is 16.6. The van der Waals surface area contributed by atoms with Crippen molar-refractivity contribution in [2.45, 2.75) is 44.8 Å². The lowest BCUT2D eigenvalue weighted by atomic mass is 10.2. The lowest BCUT2D eigenvalue weighted by Crippen LogP contribution is -2.40. The van der Waals surface area contributed by atoms with Crippen molar-refractivity contribution in [3.8, 4) is 5.75 Å². The number of ether oxygens (including phenoxy) is 2. The predicted octanol–water partition coefficient (Wildman–Crippen LogP) is 2.21. The van der Waals surface area contributed by atoms with Gasteiger partial charge in [-0.25, -0.2) is 4.79 Å². The molecule has 0 aliphatic heterocycles. The SMILES string of the molecule is COc1ccc(C(=O)O[C@@H](C)C(=O)NC2CCCC2)cc1[N+](=O)[O-]. The molecule has 0 aromatic heterocycles. The van der Waals surface area contributed by atoms with Gasteiger partial charge in [-0.3, -0.25) is 14.9 Å². The first-order chi connectivity index (χ1) is 11.4. The van der Waals surface area contributed by atoms with Crippen molar-refractivity contribution in [2.24, 2.45) is 0 Å². The number of benzene rings is 1. The van der Waals surface area contributed by atoms with Crippen LogP contribution in [0.2, 0.25) is 0 Å². The Bertz CT molecular complexity index is 639. The Morgan fingerprint density at radius 1 is 1.33 bits per heavy atom. The van der Waals surface area contributed by atoms with Crippen molar-refractivity contribution in [1.82, 2.24) is 5.32 Å². The van der Waals surface area contributed by atoms with Gasteiger partial charge >= 0.3 is 11.7 Å². The Balaban J connectivity index is 2.01. The molecule has 0 radical (unpaired) electrons. The van der Waals surface area contributed by atoms with Crippen LogP contribution in [0.25, 0.3) is 0 Å². The van der Waals surface area contributed by atoms with Crippen molar-refractivity contribution in [3.05, 3.63) is 33.9 Å². The molecule has 1 N–H and O–H groups in total. The van der Waals surface area contributed by atoms with E-state index >= 15 is 0 Å². The van der Waals surface area contributed by atoms with Crippen molar-refractivity contribution < 1.29 is 24.0 Å². The first kappa shape index (κ1) is 17.7. The first-order valence-corrected chi connectivity index (χ1v) is 7.76. The fraction of sp³-hybridized carbons (Fsp3) is 0.500. The van der Waals surface area contributed by atoms with Gasteiger partial charge in [-0.05, 0) is 31.9 Å². The van der Waals surface area contributed by atoms with Gasteiger partial charge in [-0.2, -0.15) is 0 Å². The Kier molecular flexibility index (Phi) is 5.73. The van der Waals surface area contributed by atoms with Crippen molar-refractivity contribution >= 4 is 17.6 Å². The smallest absolute Gasteiger partial charge is 0.339 e. The van der Waals surface area contributed by atoms with E-state index in [9.17, 15) is 19.7 Å². The largest absolute Gasteiger partial charge is 0.490 e. The van der Waals surface area contributed by atoms with E-state index < -0.39 is 17.0 Å². The number of amides is 1. The number of nitrogens with one attached hydrogen (secondary N) is 1. The van der Waals surface area contributed by atoms with E-state index in [0.29, 0.717) is 0 Å². The van der Waals surface area contributed by atoms with Gasteiger partial charge in [0.15, 0.2) is 11.9 Å². The van der Waals surface area contributed by atoms with Crippen LogP contribution in [0.1, 0.15) is 43.0 Å². The highest BCUT2D eigenvalue weighted by Crippen LogP contribution is 2.28. The average molecular weight is 336 g/mol. The summed E-state index contributed by atoms with van der Waals surface area (Å²) in [5, 5.41) is 13.8. The molecular weight excluding hydrogens is 316 g/mol. The number of hydrogen-bond donors (Lipinski definition) is 1. The second-order valence-electron chi connectivity index (χ2n) is 5.68. The Labute approximate surface area is 139 Å². The molecule has 1 aliphatic carbocycles. The molecule has 1 aromatic carbocycles. The maximum atomic E-state index is 12.1. The van der Waals surface area contributed by atoms with Crippen LogP contribution < -0.4 is 10.1 Å². The van der Waals surface area contributed by atoms with Crippen molar-refractivity contribution in [3.63, 3.8) is 0 Å². The van der Waals surface area contributed by atoms with Crippen LogP contribution in [0.4, 0.5) is 5.69 Å². The Morgan fingerprint density at radius 3 is 2.58 bits per heavy atom. The minimum Gasteiger partial charge on any atom is -0.490 e. The van der Waals surface area contributed by atoms with E-state index in [4.69, 9.17) is 9.47 Å². The zero-order valence-corrected chi connectivity index (χ0v) is 13.6. The van der Waals surface area contributed by atoms with E-state index in [-0.39, 0.29) is 28.9 Å². The summed E-state index contributed by atoms with van der Waals surface area (Å²) in [6, 6.07) is 3.87. The molecule has 1 amide bonds. The molecule has 0 bridgehead atoms. The minimum absolute atomic E-state index is 0.0111. The quantitative estimate of drug-likeness (QED) is 0.485. The van der Waals surface area contributed by atoms with E-state index in [1.165, 1.54) is 26.2 Å². The summed E-state index contributed by atoms with van der Waals surface area (Å²) in [4.78, 5) is 34.5. The van der Waals surface area contributed by atoms with Crippen LogP contribution in [-0.2, 0) is 9.53 Å². The summed E-state index contributed by atoms with van der Waals surface area (Å²) in [5.41, 5.74) is -0.349. The molecular formula is C16H20N2O6. The van der Waals surface area contributed by atoms with Crippen LogP contribution in [0.15, 0.2) is 18.2 Å². The lowest BCUT2D eigenvalue weighted by molar-refractivity contribution is -0.385. The maximum Gasteiger partial charge on any atom is 0.339 e. The van der Waals surface area contributed by atoms with Crippen LogP contribution in [0.5, 0.6) is 5.75 Å². The molecule has 1 aliphatic rings. The number of nitro benzene ring substituents is 1. The number of methoxy groups -OCH3 is 1. The number of carbonyl (C=O) groups excluding carboxylic acids is 2. The molecule has 0 unspecified atom stereocenters. The summed E-state index contributed by atoms with van der Waals surface area (Å²) in [7, 11) is 1.30. The summed E-state index contributed by atoms with van der Waals surface area (Å²) in [6.07, 6.45) is 3.04. The molecule has 24 heavy (non-hydrogen) atoms. The van der Waals surface area contributed by atoms with Gasteiger partial charge in [0.1, 0.15) is 0 Å². The highest BCUT2D eigenvalue weighted by Gasteiger charge is 2.25. The zero-order valence-electron chi connectivity index (χ0n) is 13.6. The van der Waals surface area contributed by atoms with Gasteiger partial charge in [0.05, 0.1) is 17.6 Å². The molecule has 130 valence electrons. The molecule has 1 atom stereocenters. The number of carbonyl (C=O) groups is 2. The Hall–Kier alpha value is -2.64. The Morgan fingerprint density at radius 2 is 2.00 bits per heavy atom. The van der Waals surface area contributed by atoms with E-state index in [2.05, 4.69) is 5.32 Å². The predicted molar refractivity (Wildman–Crippen MR) is 84.9 cm³/mol. The molecule has 1 saturated carbocycles. The van der Waals surface area contributed by atoms with Gasteiger partial charge in [-0.1, -0.05) is 12.8 Å².